The Morgan fingerprint density at radius 2 is 2.05 bits per heavy atom. The van der Waals surface area contributed by atoms with Gasteiger partial charge in [-0.05, 0) is 18.9 Å². The van der Waals surface area contributed by atoms with Gasteiger partial charge in [0.25, 0.3) is 11.5 Å². The van der Waals surface area contributed by atoms with E-state index < -0.39 is 17.4 Å². The van der Waals surface area contributed by atoms with Gasteiger partial charge < -0.3 is 10.4 Å². The van der Waals surface area contributed by atoms with Crippen LogP contribution in [0.2, 0.25) is 0 Å². The first-order valence-electron chi connectivity index (χ1n) is 6.51. The summed E-state index contributed by atoms with van der Waals surface area (Å²) in [6.45, 7) is 0. The fourth-order valence-corrected chi connectivity index (χ4v) is 2.62. The Hall–Kier alpha value is -2.18. The van der Waals surface area contributed by atoms with Crippen LogP contribution in [-0.4, -0.2) is 32.3 Å². The maximum Gasteiger partial charge on any atom is 0.305 e. The summed E-state index contributed by atoms with van der Waals surface area (Å²) in [6, 6.07) is 2.61. The Bertz CT molecular complexity index is 588. The third-order valence-corrected chi connectivity index (χ3v) is 3.62. The average Bonchev–Trinajstić information content (AvgIpc) is 2.79. The van der Waals surface area contributed by atoms with E-state index in [2.05, 4.69) is 10.4 Å². The molecule has 0 saturated heterocycles. The lowest BCUT2D eigenvalue weighted by Crippen LogP contribution is -2.48. The molecule has 0 aromatic carbocycles. The first-order valence-corrected chi connectivity index (χ1v) is 6.51. The molecule has 7 nitrogen and oxygen atoms in total. The SMILES string of the molecule is Cn1nc(C(=O)NC2(CC(=O)O)CCCC2)ccc1=O. The highest BCUT2D eigenvalue weighted by Gasteiger charge is 2.37. The summed E-state index contributed by atoms with van der Waals surface area (Å²) >= 11 is 0. The number of aliphatic carboxylic acids is 1. The van der Waals surface area contributed by atoms with Crippen molar-refractivity contribution in [3.05, 3.63) is 28.2 Å². The molecule has 0 aliphatic heterocycles. The van der Waals surface area contributed by atoms with Gasteiger partial charge in [0, 0.05) is 13.1 Å². The molecule has 2 N–H and O–H groups in total. The first-order chi connectivity index (χ1) is 9.42. The zero-order chi connectivity index (χ0) is 14.8. The van der Waals surface area contributed by atoms with Crippen LogP contribution in [0.3, 0.4) is 0 Å². The second-order valence-corrected chi connectivity index (χ2v) is 5.19. The standard InChI is InChI=1S/C13H17N3O4/c1-16-10(17)5-4-9(15-16)12(20)14-13(8-11(18)19)6-2-3-7-13/h4-5H,2-3,6-8H2,1H3,(H,14,20)(H,18,19). The van der Waals surface area contributed by atoms with Gasteiger partial charge >= 0.3 is 5.97 Å². The maximum atomic E-state index is 12.2. The summed E-state index contributed by atoms with van der Waals surface area (Å²) in [5, 5.41) is 15.6. The second kappa shape index (κ2) is 5.44. The molecule has 20 heavy (non-hydrogen) atoms. The van der Waals surface area contributed by atoms with Crippen molar-refractivity contribution < 1.29 is 14.7 Å². The van der Waals surface area contributed by atoms with Crippen LogP contribution in [0.15, 0.2) is 16.9 Å². The summed E-state index contributed by atoms with van der Waals surface area (Å²) in [6.07, 6.45) is 3.00. The third kappa shape index (κ3) is 3.04. The van der Waals surface area contributed by atoms with Gasteiger partial charge in [-0.1, -0.05) is 12.8 Å². The molecule has 7 heteroatoms. The Morgan fingerprint density at radius 1 is 1.40 bits per heavy atom. The molecule has 1 aromatic rings. The third-order valence-electron chi connectivity index (χ3n) is 3.62. The van der Waals surface area contributed by atoms with Crippen molar-refractivity contribution in [2.45, 2.75) is 37.6 Å². The molecule has 1 aromatic heterocycles. The summed E-state index contributed by atoms with van der Waals surface area (Å²) in [4.78, 5) is 34.4. The molecule has 0 radical (unpaired) electrons. The van der Waals surface area contributed by atoms with Crippen molar-refractivity contribution >= 4 is 11.9 Å². The summed E-state index contributed by atoms with van der Waals surface area (Å²) in [7, 11) is 1.46. The van der Waals surface area contributed by atoms with Gasteiger partial charge in [-0.25, -0.2) is 4.68 Å². The quantitative estimate of drug-likeness (QED) is 0.825. The molecule has 1 fully saturated rings. The fourth-order valence-electron chi connectivity index (χ4n) is 2.62. The first kappa shape index (κ1) is 14.2. The van der Waals surface area contributed by atoms with E-state index in [1.165, 1.54) is 19.2 Å². The monoisotopic (exact) mass is 279 g/mol. The van der Waals surface area contributed by atoms with Crippen LogP contribution in [-0.2, 0) is 11.8 Å². The van der Waals surface area contributed by atoms with Crippen LogP contribution in [0.4, 0.5) is 0 Å². The number of carbonyl (C=O) groups is 2. The fraction of sp³-hybridized carbons (Fsp3) is 0.538. The zero-order valence-electron chi connectivity index (χ0n) is 11.3. The van der Waals surface area contributed by atoms with E-state index in [4.69, 9.17) is 5.11 Å². The summed E-state index contributed by atoms with van der Waals surface area (Å²) in [5.74, 6) is -1.37. The summed E-state index contributed by atoms with van der Waals surface area (Å²) < 4.78 is 1.08. The Balaban J connectivity index is 2.18. The van der Waals surface area contributed by atoms with E-state index in [0.29, 0.717) is 12.8 Å². The van der Waals surface area contributed by atoms with Gasteiger partial charge in [0.15, 0.2) is 0 Å². The minimum Gasteiger partial charge on any atom is -0.481 e. The van der Waals surface area contributed by atoms with Gasteiger partial charge in [-0.2, -0.15) is 5.10 Å². The predicted octanol–water partition coefficient (Wildman–Crippen LogP) is 0.298. The predicted molar refractivity (Wildman–Crippen MR) is 70.4 cm³/mol. The minimum atomic E-state index is -0.930. The Morgan fingerprint density at radius 3 is 2.60 bits per heavy atom. The van der Waals surface area contributed by atoms with Crippen LogP contribution in [0.25, 0.3) is 0 Å². The summed E-state index contributed by atoms with van der Waals surface area (Å²) in [5.41, 5.74) is -0.884. The highest BCUT2D eigenvalue weighted by molar-refractivity contribution is 5.93. The molecule has 1 amide bonds. The molecule has 108 valence electrons. The number of carboxylic acid groups (broad SMARTS) is 1. The number of aryl methyl sites for hydroxylation is 1. The van der Waals surface area contributed by atoms with Crippen molar-refractivity contribution in [3.63, 3.8) is 0 Å². The van der Waals surface area contributed by atoms with Crippen LogP contribution in [0, 0.1) is 0 Å². The molecular formula is C13H17N3O4. The lowest BCUT2D eigenvalue weighted by Gasteiger charge is -2.28. The molecule has 1 aliphatic carbocycles. The minimum absolute atomic E-state index is 0.0928. The van der Waals surface area contributed by atoms with E-state index in [0.717, 1.165) is 17.5 Å². The molecule has 1 heterocycles. The van der Waals surface area contributed by atoms with Gasteiger partial charge in [-0.3, -0.25) is 14.4 Å². The number of nitrogens with one attached hydrogen (secondary N) is 1. The highest BCUT2D eigenvalue weighted by Crippen LogP contribution is 2.32. The topological polar surface area (TPSA) is 101 Å². The molecule has 1 aliphatic rings. The zero-order valence-corrected chi connectivity index (χ0v) is 11.3. The largest absolute Gasteiger partial charge is 0.481 e. The number of aromatic nitrogens is 2. The molecule has 1 saturated carbocycles. The second-order valence-electron chi connectivity index (χ2n) is 5.19. The van der Waals surface area contributed by atoms with Crippen LogP contribution >= 0.6 is 0 Å². The highest BCUT2D eigenvalue weighted by atomic mass is 16.4. The lowest BCUT2D eigenvalue weighted by molar-refractivity contribution is -0.138. The number of nitrogens with zero attached hydrogens (tertiary/aromatic N) is 2. The average molecular weight is 279 g/mol. The van der Waals surface area contributed by atoms with Crippen LogP contribution < -0.4 is 10.9 Å². The number of carbonyl (C=O) groups excluding carboxylic acids is 1. The normalized spacial score (nSPS) is 16.9. The van der Waals surface area contributed by atoms with Crippen molar-refractivity contribution in [1.82, 2.24) is 15.1 Å². The lowest BCUT2D eigenvalue weighted by atomic mass is 9.93. The Kier molecular flexibility index (Phi) is 3.87. The maximum absolute atomic E-state index is 12.2. The number of amides is 1. The number of hydrogen-bond donors (Lipinski definition) is 2. The molecule has 0 spiro atoms. The Labute approximate surface area is 115 Å². The van der Waals surface area contributed by atoms with Crippen LogP contribution in [0.1, 0.15) is 42.6 Å². The van der Waals surface area contributed by atoms with E-state index in [-0.39, 0.29) is 17.7 Å². The number of hydrogen-bond acceptors (Lipinski definition) is 4. The van der Waals surface area contributed by atoms with Gasteiger partial charge in [0.05, 0.1) is 12.0 Å². The molecular weight excluding hydrogens is 262 g/mol. The number of rotatable bonds is 4. The van der Waals surface area contributed by atoms with Crippen molar-refractivity contribution in [3.8, 4) is 0 Å². The van der Waals surface area contributed by atoms with Gasteiger partial charge in [-0.15, -0.1) is 0 Å². The number of carboxylic acids is 1. The van der Waals surface area contributed by atoms with E-state index in [1.54, 1.807) is 0 Å². The van der Waals surface area contributed by atoms with Crippen molar-refractivity contribution in [1.29, 1.82) is 0 Å². The van der Waals surface area contributed by atoms with Gasteiger partial charge in [0.2, 0.25) is 0 Å². The molecule has 0 unspecified atom stereocenters. The van der Waals surface area contributed by atoms with Crippen molar-refractivity contribution in [2.24, 2.45) is 7.05 Å². The van der Waals surface area contributed by atoms with E-state index in [9.17, 15) is 14.4 Å². The molecule has 0 bridgehead atoms. The van der Waals surface area contributed by atoms with Gasteiger partial charge in [0.1, 0.15) is 5.69 Å². The molecule has 0 atom stereocenters. The van der Waals surface area contributed by atoms with Crippen LogP contribution in [0.5, 0.6) is 0 Å². The smallest absolute Gasteiger partial charge is 0.305 e. The van der Waals surface area contributed by atoms with Crippen molar-refractivity contribution in [2.75, 3.05) is 0 Å². The molecule has 2 rings (SSSR count). The van der Waals surface area contributed by atoms with E-state index >= 15 is 0 Å². The van der Waals surface area contributed by atoms with E-state index in [1.807, 2.05) is 0 Å².